The van der Waals surface area contributed by atoms with Crippen LogP contribution in [0.3, 0.4) is 0 Å². The van der Waals surface area contributed by atoms with E-state index in [1.165, 1.54) is 44.5 Å². The third kappa shape index (κ3) is 6.16. The topological polar surface area (TPSA) is 24.5 Å². The van der Waals surface area contributed by atoms with Gasteiger partial charge < -0.3 is 15.0 Å². The number of methoxy groups -OCH3 is 1. The zero-order chi connectivity index (χ0) is 14.9. The van der Waals surface area contributed by atoms with E-state index in [0.29, 0.717) is 12.1 Å². The van der Waals surface area contributed by atoms with Crippen molar-refractivity contribution in [1.29, 1.82) is 0 Å². The molecule has 0 saturated carbocycles. The van der Waals surface area contributed by atoms with Gasteiger partial charge in [-0.05, 0) is 51.3 Å². The van der Waals surface area contributed by atoms with Gasteiger partial charge in [-0.15, -0.1) is 0 Å². The Morgan fingerprint density at radius 2 is 1.95 bits per heavy atom. The molecule has 1 aliphatic rings. The summed E-state index contributed by atoms with van der Waals surface area (Å²) >= 11 is 0. The average molecular weight is 290 g/mol. The number of benzene rings is 1. The van der Waals surface area contributed by atoms with Crippen molar-refractivity contribution in [3.05, 3.63) is 35.9 Å². The van der Waals surface area contributed by atoms with Gasteiger partial charge in [-0.1, -0.05) is 30.3 Å². The van der Waals surface area contributed by atoms with Gasteiger partial charge in [0.15, 0.2) is 0 Å². The molecule has 0 radical (unpaired) electrons. The van der Waals surface area contributed by atoms with Gasteiger partial charge in [0.2, 0.25) is 0 Å². The van der Waals surface area contributed by atoms with Gasteiger partial charge in [0.05, 0.1) is 0 Å². The smallest absolute Gasteiger partial charge is 0.0476 e. The van der Waals surface area contributed by atoms with Crippen molar-refractivity contribution in [2.75, 3.05) is 33.4 Å². The van der Waals surface area contributed by atoms with Crippen LogP contribution in [0.5, 0.6) is 0 Å². The first-order valence-corrected chi connectivity index (χ1v) is 8.29. The predicted molar refractivity (Wildman–Crippen MR) is 88.7 cm³/mol. The first-order valence-electron chi connectivity index (χ1n) is 8.29. The molecule has 3 heteroatoms. The average Bonchev–Trinajstić information content (AvgIpc) is 2.53. The van der Waals surface area contributed by atoms with Gasteiger partial charge in [-0.25, -0.2) is 0 Å². The number of nitrogens with one attached hydrogen (secondary N) is 1. The monoisotopic (exact) mass is 290 g/mol. The molecule has 1 fully saturated rings. The lowest BCUT2D eigenvalue weighted by Gasteiger charge is -2.34. The van der Waals surface area contributed by atoms with Crippen molar-refractivity contribution in [2.45, 2.75) is 44.7 Å². The Bertz CT molecular complexity index is 374. The quantitative estimate of drug-likeness (QED) is 0.797. The van der Waals surface area contributed by atoms with Crippen LogP contribution in [0.1, 0.15) is 31.7 Å². The van der Waals surface area contributed by atoms with E-state index in [2.05, 4.69) is 47.5 Å². The van der Waals surface area contributed by atoms with E-state index in [4.69, 9.17) is 4.74 Å². The molecule has 1 aliphatic heterocycles. The largest absolute Gasteiger partial charge is 0.385 e. The van der Waals surface area contributed by atoms with Crippen LogP contribution in [0.15, 0.2) is 30.3 Å². The molecule has 0 amide bonds. The molecule has 1 N–H and O–H groups in total. The first-order chi connectivity index (χ1) is 10.3. The van der Waals surface area contributed by atoms with Gasteiger partial charge in [-0.3, -0.25) is 0 Å². The van der Waals surface area contributed by atoms with Crippen LogP contribution < -0.4 is 5.32 Å². The van der Waals surface area contributed by atoms with Crippen molar-refractivity contribution < 1.29 is 4.74 Å². The summed E-state index contributed by atoms with van der Waals surface area (Å²) in [6.45, 7) is 6.75. The Morgan fingerprint density at radius 1 is 1.24 bits per heavy atom. The third-order valence-electron chi connectivity index (χ3n) is 4.42. The first kappa shape index (κ1) is 16.5. The molecule has 1 unspecified atom stereocenters. The minimum Gasteiger partial charge on any atom is -0.385 e. The molecule has 1 aromatic rings. The van der Waals surface area contributed by atoms with Crippen LogP contribution in [0, 0.1) is 0 Å². The zero-order valence-electron chi connectivity index (χ0n) is 13.6. The maximum Gasteiger partial charge on any atom is 0.0476 e. The van der Waals surface area contributed by atoms with Crippen molar-refractivity contribution >= 4 is 0 Å². The molecule has 21 heavy (non-hydrogen) atoms. The van der Waals surface area contributed by atoms with Gasteiger partial charge in [-0.2, -0.15) is 0 Å². The molecule has 0 aromatic heterocycles. The third-order valence-corrected chi connectivity index (χ3v) is 4.42. The minimum absolute atomic E-state index is 0.561. The van der Waals surface area contributed by atoms with Gasteiger partial charge in [0, 0.05) is 32.3 Å². The molecule has 3 nitrogen and oxygen atoms in total. The van der Waals surface area contributed by atoms with E-state index in [0.717, 1.165) is 13.0 Å². The van der Waals surface area contributed by atoms with Gasteiger partial charge in [0.1, 0.15) is 0 Å². The van der Waals surface area contributed by atoms with Crippen LogP contribution in [0.2, 0.25) is 0 Å². The van der Waals surface area contributed by atoms with E-state index < -0.39 is 0 Å². The fourth-order valence-corrected chi connectivity index (χ4v) is 3.04. The highest BCUT2D eigenvalue weighted by atomic mass is 16.5. The fraction of sp³-hybridized carbons (Fsp3) is 0.667. The number of nitrogens with zero attached hydrogens (tertiary/aromatic N) is 1. The lowest BCUT2D eigenvalue weighted by molar-refractivity contribution is 0.167. The summed E-state index contributed by atoms with van der Waals surface area (Å²) in [6.07, 6.45) is 4.81. The molecule has 1 heterocycles. The Morgan fingerprint density at radius 3 is 2.62 bits per heavy atom. The van der Waals surface area contributed by atoms with Gasteiger partial charge in [0.25, 0.3) is 0 Å². The number of hydrogen-bond donors (Lipinski definition) is 1. The van der Waals surface area contributed by atoms with Crippen LogP contribution in [0.25, 0.3) is 0 Å². The molecular formula is C18H30N2O. The maximum absolute atomic E-state index is 5.14. The number of rotatable bonds is 8. The molecule has 0 spiro atoms. The molecule has 0 aliphatic carbocycles. The molecule has 0 bridgehead atoms. The van der Waals surface area contributed by atoms with Crippen molar-refractivity contribution in [3.63, 3.8) is 0 Å². The number of ether oxygens (including phenoxy) is 1. The molecule has 1 aromatic carbocycles. The summed E-state index contributed by atoms with van der Waals surface area (Å²) in [4.78, 5) is 2.60. The summed E-state index contributed by atoms with van der Waals surface area (Å²) < 4.78 is 5.14. The Kier molecular flexibility index (Phi) is 7.20. The summed E-state index contributed by atoms with van der Waals surface area (Å²) in [6, 6.07) is 12.1. The normalized spacial score (nSPS) is 18.8. The highest BCUT2D eigenvalue weighted by molar-refractivity contribution is 5.14. The minimum atomic E-state index is 0.561. The van der Waals surface area contributed by atoms with Crippen LogP contribution in [-0.4, -0.2) is 50.3 Å². The summed E-state index contributed by atoms with van der Waals surface area (Å²) in [5, 5.41) is 3.74. The summed E-state index contributed by atoms with van der Waals surface area (Å²) in [7, 11) is 1.78. The lowest BCUT2D eigenvalue weighted by Crippen LogP contribution is -2.46. The molecule has 2 rings (SSSR count). The van der Waals surface area contributed by atoms with E-state index in [9.17, 15) is 0 Å². The van der Waals surface area contributed by atoms with E-state index in [1.807, 2.05) is 0 Å². The standard InChI is InChI=1S/C18H30N2O/c1-16(11-15-21-2)19-18-9-13-20(14-10-18)12-8-17-6-4-3-5-7-17/h3-7,16,18-19H,8-15H2,1-2H3. The Balaban J connectivity index is 1.62. The Labute approximate surface area is 129 Å². The molecule has 118 valence electrons. The summed E-state index contributed by atoms with van der Waals surface area (Å²) in [5.41, 5.74) is 1.45. The SMILES string of the molecule is COCCC(C)NC1CCN(CCc2ccccc2)CC1. The second-order valence-corrected chi connectivity index (χ2v) is 6.20. The van der Waals surface area contributed by atoms with Crippen LogP contribution in [0.4, 0.5) is 0 Å². The highest BCUT2D eigenvalue weighted by Gasteiger charge is 2.19. The summed E-state index contributed by atoms with van der Waals surface area (Å²) in [5.74, 6) is 0. The lowest BCUT2D eigenvalue weighted by atomic mass is 10.0. The van der Waals surface area contributed by atoms with Gasteiger partial charge >= 0.3 is 0 Å². The number of hydrogen-bond acceptors (Lipinski definition) is 3. The predicted octanol–water partition coefficient (Wildman–Crippen LogP) is 2.71. The number of likely N-dealkylation sites (tertiary alicyclic amines) is 1. The second-order valence-electron chi connectivity index (χ2n) is 6.20. The zero-order valence-corrected chi connectivity index (χ0v) is 13.6. The second kappa shape index (κ2) is 9.19. The maximum atomic E-state index is 5.14. The van der Waals surface area contributed by atoms with Crippen molar-refractivity contribution in [2.24, 2.45) is 0 Å². The Hall–Kier alpha value is -0.900. The van der Waals surface area contributed by atoms with E-state index in [-0.39, 0.29) is 0 Å². The van der Waals surface area contributed by atoms with E-state index >= 15 is 0 Å². The van der Waals surface area contributed by atoms with Crippen LogP contribution >= 0.6 is 0 Å². The number of piperidine rings is 1. The highest BCUT2D eigenvalue weighted by Crippen LogP contribution is 2.12. The van der Waals surface area contributed by atoms with Crippen LogP contribution in [-0.2, 0) is 11.2 Å². The van der Waals surface area contributed by atoms with E-state index in [1.54, 1.807) is 7.11 Å². The van der Waals surface area contributed by atoms with Crippen molar-refractivity contribution in [3.8, 4) is 0 Å². The fourth-order valence-electron chi connectivity index (χ4n) is 3.04. The molecule has 1 atom stereocenters. The van der Waals surface area contributed by atoms with Crippen molar-refractivity contribution in [1.82, 2.24) is 10.2 Å². The molecule has 1 saturated heterocycles. The molecular weight excluding hydrogens is 260 g/mol.